The fourth-order valence-corrected chi connectivity index (χ4v) is 1.72. The molecule has 5 nitrogen and oxygen atoms in total. The van der Waals surface area contributed by atoms with Crippen LogP contribution in [0.25, 0.3) is 0 Å². The van der Waals surface area contributed by atoms with Gasteiger partial charge in [-0.15, -0.1) is 0 Å². The topological polar surface area (TPSA) is 84.1 Å². The minimum absolute atomic E-state index is 0.126. The summed E-state index contributed by atoms with van der Waals surface area (Å²) < 4.78 is 0. The van der Waals surface area contributed by atoms with E-state index in [4.69, 9.17) is 5.73 Å². The summed E-state index contributed by atoms with van der Waals surface area (Å²) in [6.45, 7) is 8.19. The maximum Gasteiger partial charge on any atom is 0.138 e. The van der Waals surface area contributed by atoms with Crippen molar-refractivity contribution in [1.82, 2.24) is 9.97 Å². The van der Waals surface area contributed by atoms with E-state index in [1.54, 1.807) is 0 Å². The van der Waals surface area contributed by atoms with Gasteiger partial charge in [0.15, 0.2) is 0 Å². The van der Waals surface area contributed by atoms with Gasteiger partial charge < -0.3 is 16.2 Å². The molecule has 1 aromatic heterocycles. The summed E-state index contributed by atoms with van der Waals surface area (Å²) in [6, 6.07) is 0. The van der Waals surface area contributed by atoms with E-state index in [1.165, 1.54) is 0 Å². The van der Waals surface area contributed by atoms with Gasteiger partial charge in [-0.25, -0.2) is 9.97 Å². The van der Waals surface area contributed by atoms with E-state index < -0.39 is 0 Å². The third-order valence-corrected chi connectivity index (χ3v) is 3.39. The summed E-state index contributed by atoms with van der Waals surface area (Å²) in [5.74, 6) is 1.98. The minimum atomic E-state index is -0.194. The molecule has 1 aromatic rings. The Hall–Kier alpha value is -1.36. The van der Waals surface area contributed by atoms with Crippen LogP contribution in [0, 0.1) is 6.92 Å². The van der Waals surface area contributed by atoms with Crippen molar-refractivity contribution in [2.75, 3.05) is 17.7 Å². The number of aliphatic hydroxyl groups excluding tert-OH is 1. The highest BCUT2D eigenvalue weighted by molar-refractivity contribution is 5.57. The number of nitrogens with zero attached hydrogens (tertiary/aromatic N) is 2. The van der Waals surface area contributed by atoms with Crippen LogP contribution in [-0.4, -0.2) is 27.2 Å². The van der Waals surface area contributed by atoms with Crippen molar-refractivity contribution in [3.8, 4) is 0 Å². The van der Waals surface area contributed by atoms with Crippen LogP contribution in [0.5, 0.6) is 0 Å². The zero-order valence-electron chi connectivity index (χ0n) is 11.5. The molecule has 0 amide bonds. The number of aliphatic hydroxyl groups is 1. The Morgan fingerprint density at radius 3 is 2.39 bits per heavy atom. The number of hydrogen-bond acceptors (Lipinski definition) is 5. The number of aromatic nitrogens is 2. The fraction of sp³-hybridized carbons (Fsp3) is 0.692. The lowest BCUT2D eigenvalue weighted by Crippen LogP contribution is -2.28. The molecule has 0 unspecified atom stereocenters. The first-order valence-corrected chi connectivity index (χ1v) is 6.31. The van der Waals surface area contributed by atoms with Crippen molar-refractivity contribution in [3.63, 3.8) is 0 Å². The normalized spacial score (nSPS) is 17.6. The van der Waals surface area contributed by atoms with Gasteiger partial charge >= 0.3 is 0 Å². The summed E-state index contributed by atoms with van der Waals surface area (Å²) in [7, 11) is 0. The van der Waals surface area contributed by atoms with Crippen LogP contribution in [0.3, 0.4) is 0 Å². The number of nitrogen functional groups attached to an aromatic ring is 1. The second kappa shape index (κ2) is 4.09. The van der Waals surface area contributed by atoms with E-state index in [0.717, 1.165) is 30.0 Å². The zero-order chi connectivity index (χ0) is 13.6. The first-order chi connectivity index (χ1) is 8.27. The van der Waals surface area contributed by atoms with Crippen molar-refractivity contribution in [2.45, 2.75) is 51.5 Å². The molecule has 1 saturated carbocycles. The Labute approximate surface area is 108 Å². The van der Waals surface area contributed by atoms with Crippen molar-refractivity contribution in [1.29, 1.82) is 0 Å². The van der Waals surface area contributed by atoms with Gasteiger partial charge in [-0.1, -0.05) is 20.8 Å². The van der Waals surface area contributed by atoms with Gasteiger partial charge in [0.25, 0.3) is 0 Å². The third kappa shape index (κ3) is 2.41. The van der Waals surface area contributed by atoms with Gasteiger partial charge in [-0.3, -0.25) is 0 Å². The lowest BCUT2D eigenvalue weighted by Gasteiger charge is -2.22. The van der Waals surface area contributed by atoms with E-state index in [9.17, 15) is 5.11 Å². The van der Waals surface area contributed by atoms with E-state index in [-0.39, 0.29) is 17.6 Å². The van der Waals surface area contributed by atoms with Crippen LogP contribution in [0.15, 0.2) is 0 Å². The molecule has 0 saturated heterocycles. The highest BCUT2D eigenvalue weighted by Crippen LogP contribution is 2.39. The van der Waals surface area contributed by atoms with E-state index in [2.05, 4.69) is 36.1 Å². The lowest BCUT2D eigenvalue weighted by molar-refractivity contribution is 0.266. The largest absolute Gasteiger partial charge is 0.394 e. The first-order valence-electron chi connectivity index (χ1n) is 6.31. The molecule has 0 bridgehead atoms. The highest BCUT2D eigenvalue weighted by Gasteiger charge is 2.42. The predicted molar refractivity (Wildman–Crippen MR) is 72.6 cm³/mol. The molecule has 18 heavy (non-hydrogen) atoms. The summed E-state index contributed by atoms with van der Waals surface area (Å²) in [6.07, 6.45) is 1.94. The van der Waals surface area contributed by atoms with E-state index >= 15 is 0 Å². The molecule has 0 spiro atoms. The molecular weight excluding hydrogens is 228 g/mol. The van der Waals surface area contributed by atoms with Crippen molar-refractivity contribution >= 4 is 11.6 Å². The molecule has 1 aliphatic rings. The second-order valence-corrected chi connectivity index (χ2v) is 6.22. The smallest absolute Gasteiger partial charge is 0.138 e. The van der Waals surface area contributed by atoms with Crippen LogP contribution < -0.4 is 11.1 Å². The molecule has 1 aliphatic carbocycles. The van der Waals surface area contributed by atoms with Gasteiger partial charge in [0.05, 0.1) is 12.1 Å². The van der Waals surface area contributed by atoms with Crippen LogP contribution in [-0.2, 0) is 5.41 Å². The van der Waals surface area contributed by atoms with Crippen molar-refractivity contribution in [3.05, 3.63) is 11.4 Å². The van der Waals surface area contributed by atoms with Gasteiger partial charge in [0.1, 0.15) is 17.5 Å². The van der Waals surface area contributed by atoms with Crippen LogP contribution >= 0.6 is 0 Å². The number of nitrogens with one attached hydrogen (secondary N) is 1. The Bertz CT molecular complexity index is 461. The predicted octanol–water partition coefficient (Wildman–Crippen LogP) is 1.60. The fourth-order valence-electron chi connectivity index (χ4n) is 1.72. The number of hydrogen-bond donors (Lipinski definition) is 3. The summed E-state index contributed by atoms with van der Waals surface area (Å²) in [5.41, 5.74) is 6.46. The monoisotopic (exact) mass is 250 g/mol. The Balaban J connectivity index is 2.37. The van der Waals surface area contributed by atoms with Gasteiger partial charge in [-0.05, 0) is 19.8 Å². The van der Waals surface area contributed by atoms with Crippen molar-refractivity contribution < 1.29 is 5.11 Å². The Morgan fingerprint density at radius 2 is 1.94 bits per heavy atom. The molecule has 0 aliphatic heterocycles. The molecule has 1 fully saturated rings. The molecule has 2 rings (SSSR count). The Kier molecular flexibility index (Phi) is 2.97. The standard InChI is InChI=1S/C13H22N4O/c1-8-9(14)15-11(12(2,3)4)16-10(8)17-13(7-18)5-6-13/h18H,5-7H2,1-4H3,(H3,14,15,16,17). The average Bonchev–Trinajstić information content (AvgIpc) is 3.04. The van der Waals surface area contributed by atoms with Crippen LogP contribution in [0.4, 0.5) is 11.6 Å². The molecule has 0 aromatic carbocycles. The third-order valence-electron chi connectivity index (χ3n) is 3.39. The molecule has 0 radical (unpaired) electrons. The van der Waals surface area contributed by atoms with Gasteiger partial charge in [0, 0.05) is 11.0 Å². The molecule has 1 heterocycles. The SMILES string of the molecule is Cc1c(N)nc(C(C)(C)C)nc1NC1(CO)CC1. The molecule has 0 atom stereocenters. The minimum Gasteiger partial charge on any atom is -0.394 e. The van der Waals surface area contributed by atoms with E-state index in [0.29, 0.717) is 5.82 Å². The molecule has 5 heteroatoms. The van der Waals surface area contributed by atoms with Crippen LogP contribution in [0.1, 0.15) is 45.0 Å². The van der Waals surface area contributed by atoms with Crippen molar-refractivity contribution in [2.24, 2.45) is 0 Å². The Morgan fingerprint density at radius 1 is 1.33 bits per heavy atom. The van der Waals surface area contributed by atoms with Gasteiger partial charge in [-0.2, -0.15) is 0 Å². The van der Waals surface area contributed by atoms with E-state index in [1.807, 2.05) is 6.92 Å². The summed E-state index contributed by atoms with van der Waals surface area (Å²) in [5, 5.41) is 12.7. The number of nitrogens with two attached hydrogens (primary N) is 1. The first kappa shape index (κ1) is 13.1. The molecule has 4 N–H and O–H groups in total. The average molecular weight is 250 g/mol. The number of rotatable bonds is 3. The lowest BCUT2D eigenvalue weighted by atomic mass is 9.95. The maximum absolute atomic E-state index is 9.37. The maximum atomic E-state index is 9.37. The highest BCUT2D eigenvalue weighted by atomic mass is 16.3. The summed E-state index contributed by atoms with van der Waals surface area (Å²) in [4.78, 5) is 8.91. The second-order valence-electron chi connectivity index (χ2n) is 6.22. The summed E-state index contributed by atoms with van der Waals surface area (Å²) >= 11 is 0. The van der Waals surface area contributed by atoms with Gasteiger partial charge in [0.2, 0.25) is 0 Å². The van der Waals surface area contributed by atoms with Crippen LogP contribution in [0.2, 0.25) is 0 Å². The number of anilines is 2. The zero-order valence-corrected chi connectivity index (χ0v) is 11.5. The quantitative estimate of drug-likeness (QED) is 0.759. The molecular formula is C13H22N4O. The molecule has 100 valence electrons.